The molecule has 0 bridgehead atoms. The van der Waals surface area contributed by atoms with Gasteiger partial charge in [-0.15, -0.1) is 0 Å². The minimum atomic E-state index is -0.590. The number of carbonyl (C=O) groups excluding carboxylic acids is 3. The number of hydrogen-bond donors (Lipinski definition) is 2. The fraction of sp³-hybridized carbons (Fsp3) is 0.286. The van der Waals surface area contributed by atoms with Gasteiger partial charge in [0.05, 0.1) is 12.7 Å². The smallest absolute Gasteiger partial charge is 0.338 e. The molecule has 2 aromatic carbocycles. The predicted molar refractivity (Wildman–Crippen MR) is 105 cm³/mol. The van der Waals surface area contributed by atoms with Crippen LogP contribution in [0.1, 0.15) is 40.1 Å². The third-order valence-electron chi connectivity index (χ3n) is 3.79. The zero-order valence-electron chi connectivity index (χ0n) is 16.2. The molecule has 0 saturated carbocycles. The lowest BCUT2D eigenvalue weighted by atomic mass is 10.1. The maximum absolute atomic E-state index is 12.1. The third-order valence-corrected chi connectivity index (χ3v) is 3.79. The molecule has 7 heteroatoms. The highest BCUT2D eigenvalue weighted by Gasteiger charge is 2.12. The fourth-order valence-corrected chi connectivity index (χ4v) is 2.35. The van der Waals surface area contributed by atoms with Gasteiger partial charge in [-0.3, -0.25) is 4.79 Å². The molecule has 0 saturated heterocycles. The molecular weight excluding hydrogens is 360 g/mol. The van der Waals surface area contributed by atoms with Crippen molar-refractivity contribution in [2.24, 2.45) is 0 Å². The molecule has 0 fully saturated rings. The van der Waals surface area contributed by atoms with Crippen molar-refractivity contribution in [2.75, 3.05) is 13.7 Å². The Labute approximate surface area is 164 Å². The summed E-state index contributed by atoms with van der Waals surface area (Å²) >= 11 is 0. The average molecular weight is 384 g/mol. The molecule has 0 radical (unpaired) electrons. The van der Waals surface area contributed by atoms with E-state index in [1.165, 1.54) is 7.11 Å². The Morgan fingerprint density at radius 2 is 1.71 bits per heavy atom. The number of nitrogens with one attached hydrogen (secondary N) is 2. The van der Waals surface area contributed by atoms with Crippen molar-refractivity contribution in [3.05, 3.63) is 65.2 Å². The molecule has 148 valence electrons. The van der Waals surface area contributed by atoms with Crippen LogP contribution in [0.3, 0.4) is 0 Å². The largest absolute Gasteiger partial charge is 0.497 e. The van der Waals surface area contributed by atoms with Crippen LogP contribution in [0.2, 0.25) is 0 Å². The lowest BCUT2D eigenvalue weighted by molar-refractivity contribution is 0.0474. The number of hydrogen-bond acceptors (Lipinski definition) is 5. The lowest BCUT2D eigenvalue weighted by Gasteiger charge is -2.10. The molecule has 0 aliphatic rings. The van der Waals surface area contributed by atoms with Crippen molar-refractivity contribution in [1.82, 2.24) is 10.6 Å². The first-order chi connectivity index (χ1) is 13.4. The van der Waals surface area contributed by atoms with E-state index in [2.05, 4.69) is 10.6 Å². The van der Waals surface area contributed by atoms with Gasteiger partial charge in [0.1, 0.15) is 5.75 Å². The number of carbonyl (C=O) groups is 3. The van der Waals surface area contributed by atoms with Gasteiger partial charge in [0.2, 0.25) is 0 Å². The van der Waals surface area contributed by atoms with E-state index in [1.807, 2.05) is 13.8 Å². The number of amides is 2. The van der Waals surface area contributed by atoms with E-state index in [1.54, 1.807) is 48.5 Å². The summed E-state index contributed by atoms with van der Waals surface area (Å²) in [4.78, 5) is 35.8. The number of rotatable bonds is 8. The summed E-state index contributed by atoms with van der Waals surface area (Å²) < 4.78 is 10.2. The van der Waals surface area contributed by atoms with Crippen LogP contribution >= 0.6 is 0 Å². The first-order valence-corrected chi connectivity index (χ1v) is 8.86. The molecule has 2 rings (SSSR count). The Kier molecular flexibility index (Phi) is 7.56. The molecule has 2 N–H and O–H groups in total. The highest BCUT2D eigenvalue weighted by atomic mass is 16.5. The summed E-state index contributed by atoms with van der Waals surface area (Å²) in [7, 11) is 1.51. The maximum Gasteiger partial charge on any atom is 0.338 e. The highest BCUT2D eigenvalue weighted by molar-refractivity contribution is 5.99. The standard InChI is InChI=1S/C21H24N2O5/c1-14(2)23-21(26)22-12-15-7-9-16(10-8-15)20(25)28-13-19(24)17-5-4-6-18(11-17)27-3/h4-11,14H,12-13H2,1-3H3,(H2,22,23,26). The molecule has 0 spiro atoms. The van der Waals surface area contributed by atoms with Gasteiger partial charge in [-0.05, 0) is 43.7 Å². The number of methoxy groups -OCH3 is 1. The van der Waals surface area contributed by atoms with Crippen LogP contribution in [0, 0.1) is 0 Å². The molecular formula is C21H24N2O5. The van der Waals surface area contributed by atoms with E-state index >= 15 is 0 Å². The first-order valence-electron chi connectivity index (χ1n) is 8.86. The molecule has 0 atom stereocenters. The molecule has 7 nitrogen and oxygen atoms in total. The Morgan fingerprint density at radius 1 is 1.00 bits per heavy atom. The SMILES string of the molecule is COc1cccc(C(=O)COC(=O)c2ccc(CNC(=O)NC(C)C)cc2)c1. The number of ether oxygens (including phenoxy) is 2. The van der Waals surface area contributed by atoms with Crippen molar-refractivity contribution in [3.8, 4) is 5.75 Å². The minimum Gasteiger partial charge on any atom is -0.497 e. The van der Waals surface area contributed by atoms with Crippen LogP contribution in [0.5, 0.6) is 5.75 Å². The maximum atomic E-state index is 12.1. The fourth-order valence-electron chi connectivity index (χ4n) is 2.35. The second-order valence-electron chi connectivity index (χ2n) is 6.41. The molecule has 28 heavy (non-hydrogen) atoms. The van der Waals surface area contributed by atoms with E-state index in [-0.39, 0.29) is 24.5 Å². The first kappa shape index (κ1) is 21.0. The van der Waals surface area contributed by atoms with Gasteiger partial charge in [0.25, 0.3) is 0 Å². The quantitative estimate of drug-likeness (QED) is 0.539. The molecule has 0 heterocycles. The summed E-state index contributed by atoms with van der Waals surface area (Å²) in [6, 6.07) is 13.1. The summed E-state index contributed by atoms with van der Waals surface area (Å²) in [6.45, 7) is 3.73. The summed E-state index contributed by atoms with van der Waals surface area (Å²) in [6.07, 6.45) is 0. The zero-order chi connectivity index (χ0) is 20.5. The Bertz CT molecular complexity index is 831. The van der Waals surface area contributed by atoms with E-state index in [0.717, 1.165) is 5.56 Å². The second kappa shape index (κ2) is 10.1. The van der Waals surface area contributed by atoms with Gasteiger partial charge >= 0.3 is 12.0 Å². The number of esters is 1. The van der Waals surface area contributed by atoms with Gasteiger partial charge in [-0.1, -0.05) is 24.3 Å². The Balaban J connectivity index is 1.85. The molecule has 2 aromatic rings. The van der Waals surface area contributed by atoms with Crippen LogP contribution in [0.4, 0.5) is 4.79 Å². The third kappa shape index (κ3) is 6.42. The molecule has 0 unspecified atom stereocenters. The van der Waals surface area contributed by atoms with Crippen LogP contribution in [-0.4, -0.2) is 37.5 Å². The zero-order valence-corrected chi connectivity index (χ0v) is 16.2. The van der Waals surface area contributed by atoms with Crippen molar-refractivity contribution in [2.45, 2.75) is 26.4 Å². The predicted octanol–water partition coefficient (Wildman–Crippen LogP) is 2.94. The number of urea groups is 1. The Hall–Kier alpha value is -3.35. The van der Waals surface area contributed by atoms with Crippen molar-refractivity contribution >= 4 is 17.8 Å². The van der Waals surface area contributed by atoms with Gasteiger partial charge in [-0.2, -0.15) is 0 Å². The van der Waals surface area contributed by atoms with Crippen LogP contribution in [0.15, 0.2) is 48.5 Å². The van der Waals surface area contributed by atoms with Gasteiger partial charge in [0, 0.05) is 18.2 Å². The van der Waals surface area contributed by atoms with Crippen molar-refractivity contribution < 1.29 is 23.9 Å². The number of benzene rings is 2. The summed E-state index contributed by atoms with van der Waals surface area (Å²) in [5.74, 6) is -0.346. The van der Waals surface area contributed by atoms with E-state index in [0.29, 0.717) is 23.4 Å². The normalized spacial score (nSPS) is 10.3. The van der Waals surface area contributed by atoms with Gasteiger partial charge in [0.15, 0.2) is 12.4 Å². The number of Topliss-reactive ketones (excluding diaryl/α,β-unsaturated/α-hetero) is 1. The van der Waals surface area contributed by atoms with Crippen LogP contribution < -0.4 is 15.4 Å². The average Bonchev–Trinajstić information content (AvgIpc) is 2.70. The van der Waals surface area contributed by atoms with E-state index < -0.39 is 5.97 Å². The van der Waals surface area contributed by atoms with Crippen LogP contribution in [-0.2, 0) is 11.3 Å². The highest BCUT2D eigenvalue weighted by Crippen LogP contribution is 2.13. The van der Waals surface area contributed by atoms with Gasteiger partial charge < -0.3 is 20.1 Å². The second-order valence-corrected chi connectivity index (χ2v) is 6.41. The van der Waals surface area contributed by atoms with E-state index in [9.17, 15) is 14.4 Å². The topological polar surface area (TPSA) is 93.7 Å². The molecule has 0 aliphatic carbocycles. The van der Waals surface area contributed by atoms with Crippen LogP contribution in [0.25, 0.3) is 0 Å². The molecule has 2 amide bonds. The van der Waals surface area contributed by atoms with Gasteiger partial charge in [-0.25, -0.2) is 9.59 Å². The monoisotopic (exact) mass is 384 g/mol. The lowest BCUT2D eigenvalue weighted by Crippen LogP contribution is -2.39. The molecule has 0 aromatic heterocycles. The summed E-state index contributed by atoms with van der Waals surface area (Å²) in [5, 5.41) is 5.45. The van der Waals surface area contributed by atoms with Crippen molar-refractivity contribution in [3.63, 3.8) is 0 Å². The molecule has 0 aliphatic heterocycles. The minimum absolute atomic E-state index is 0.0526. The summed E-state index contributed by atoms with van der Waals surface area (Å²) in [5.41, 5.74) is 1.57. The van der Waals surface area contributed by atoms with Crippen molar-refractivity contribution in [1.29, 1.82) is 0 Å². The Morgan fingerprint density at radius 3 is 2.36 bits per heavy atom. The number of ketones is 1. The van der Waals surface area contributed by atoms with E-state index in [4.69, 9.17) is 9.47 Å².